The maximum atomic E-state index is 12.0. The number of rotatable bonds is 9. The Balaban J connectivity index is 1.94. The van der Waals surface area contributed by atoms with Crippen LogP contribution < -0.4 is 14.8 Å². The molecule has 0 fully saturated rings. The molecule has 0 radical (unpaired) electrons. The topological polar surface area (TPSA) is 117 Å². The molecule has 0 bridgehead atoms. The minimum absolute atomic E-state index is 0.0296. The van der Waals surface area contributed by atoms with Gasteiger partial charge in [-0.05, 0) is 31.2 Å². The summed E-state index contributed by atoms with van der Waals surface area (Å²) >= 11 is 0. The van der Waals surface area contributed by atoms with E-state index in [1.54, 1.807) is 18.2 Å². The lowest BCUT2D eigenvalue weighted by molar-refractivity contribution is -0.384. The minimum atomic E-state index is -0.740. The third-order valence-corrected chi connectivity index (χ3v) is 3.64. The molecule has 29 heavy (non-hydrogen) atoms. The molecule has 9 heteroatoms. The third kappa shape index (κ3) is 6.35. The summed E-state index contributed by atoms with van der Waals surface area (Å²) in [6, 6.07) is 11.1. The first-order valence-corrected chi connectivity index (χ1v) is 8.63. The summed E-state index contributed by atoms with van der Waals surface area (Å²) in [5.41, 5.74) is 0.319. The monoisotopic (exact) mass is 400 g/mol. The number of para-hydroxylation sites is 1. The Kier molecular flexibility index (Phi) is 7.72. The van der Waals surface area contributed by atoms with Crippen molar-refractivity contribution in [2.24, 2.45) is 0 Å². The lowest BCUT2D eigenvalue weighted by Crippen LogP contribution is -2.20. The van der Waals surface area contributed by atoms with E-state index in [9.17, 15) is 19.7 Å². The summed E-state index contributed by atoms with van der Waals surface area (Å²) in [5.74, 6) is -0.562. The zero-order chi connectivity index (χ0) is 21.2. The van der Waals surface area contributed by atoms with Gasteiger partial charge in [0.15, 0.2) is 6.61 Å². The predicted molar refractivity (Wildman–Crippen MR) is 106 cm³/mol. The van der Waals surface area contributed by atoms with E-state index in [-0.39, 0.29) is 17.1 Å². The number of ether oxygens (including phenoxy) is 3. The van der Waals surface area contributed by atoms with E-state index in [0.717, 1.165) is 0 Å². The van der Waals surface area contributed by atoms with E-state index in [4.69, 9.17) is 14.2 Å². The highest BCUT2D eigenvalue weighted by Crippen LogP contribution is 2.28. The fraction of sp³-hybridized carbons (Fsp3) is 0.200. The molecule has 0 saturated carbocycles. The predicted octanol–water partition coefficient (Wildman–Crippen LogP) is 3.20. The molecule has 1 N–H and O–H groups in total. The SMILES string of the molecule is CCOc1ccccc1/C=C/C(=O)OCC(=O)Nc1ccc(OC)cc1[N+](=O)[O-]. The van der Waals surface area contributed by atoms with Gasteiger partial charge in [-0.2, -0.15) is 0 Å². The zero-order valence-corrected chi connectivity index (χ0v) is 15.9. The van der Waals surface area contributed by atoms with E-state index in [1.807, 2.05) is 13.0 Å². The number of methoxy groups -OCH3 is 1. The molecule has 0 aliphatic carbocycles. The molecule has 0 unspecified atom stereocenters. The van der Waals surface area contributed by atoms with E-state index in [0.29, 0.717) is 17.9 Å². The largest absolute Gasteiger partial charge is 0.496 e. The van der Waals surface area contributed by atoms with Gasteiger partial charge in [-0.1, -0.05) is 18.2 Å². The van der Waals surface area contributed by atoms with Crippen molar-refractivity contribution in [3.8, 4) is 11.5 Å². The van der Waals surface area contributed by atoms with Gasteiger partial charge in [0.2, 0.25) is 0 Å². The number of nitro benzene ring substituents is 1. The number of nitro groups is 1. The van der Waals surface area contributed by atoms with E-state index < -0.39 is 23.4 Å². The molecular weight excluding hydrogens is 380 g/mol. The van der Waals surface area contributed by atoms with Crippen LogP contribution in [0.25, 0.3) is 6.08 Å². The van der Waals surface area contributed by atoms with Gasteiger partial charge < -0.3 is 19.5 Å². The molecule has 0 aliphatic rings. The molecule has 0 atom stereocenters. The number of esters is 1. The molecule has 0 saturated heterocycles. The van der Waals surface area contributed by atoms with Crippen LogP contribution in [0.3, 0.4) is 0 Å². The lowest BCUT2D eigenvalue weighted by atomic mass is 10.2. The standard InChI is InChI=1S/C20H20N2O7/c1-3-28-18-7-5-4-6-14(18)8-11-20(24)29-13-19(23)21-16-10-9-15(27-2)12-17(16)22(25)26/h4-12H,3,13H2,1-2H3,(H,21,23)/b11-8+. The average Bonchev–Trinajstić information content (AvgIpc) is 2.72. The number of benzene rings is 2. The summed E-state index contributed by atoms with van der Waals surface area (Å²) in [6.45, 7) is 1.73. The van der Waals surface area contributed by atoms with Crippen LogP contribution in [0.5, 0.6) is 11.5 Å². The normalized spacial score (nSPS) is 10.4. The first-order chi connectivity index (χ1) is 13.9. The van der Waals surface area contributed by atoms with Crippen molar-refractivity contribution < 1.29 is 28.7 Å². The third-order valence-electron chi connectivity index (χ3n) is 3.64. The van der Waals surface area contributed by atoms with Crippen LogP contribution in [0.4, 0.5) is 11.4 Å². The average molecular weight is 400 g/mol. The van der Waals surface area contributed by atoms with Crippen molar-refractivity contribution in [3.63, 3.8) is 0 Å². The Morgan fingerprint density at radius 3 is 2.66 bits per heavy atom. The first-order valence-electron chi connectivity index (χ1n) is 8.63. The number of carbonyl (C=O) groups excluding carboxylic acids is 2. The number of anilines is 1. The van der Waals surface area contributed by atoms with Gasteiger partial charge in [0.05, 0.1) is 24.7 Å². The van der Waals surface area contributed by atoms with Crippen LogP contribution in [0.15, 0.2) is 48.5 Å². The second kappa shape index (κ2) is 10.5. The number of nitrogens with zero attached hydrogens (tertiary/aromatic N) is 1. The Morgan fingerprint density at radius 1 is 1.21 bits per heavy atom. The van der Waals surface area contributed by atoms with Crippen molar-refractivity contribution in [2.75, 3.05) is 25.6 Å². The lowest BCUT2D eigenvalue weighted by Gasteiger charge is -2.08. The van der Waals surface area contributed by atoms with Crippen LogP contribution in [0, 0.1) is 10.1 Å². The smallest absolute Gasteiger partial charge is 0.331 e. The van der Waals surface area contributed by atoms with Crippen LogP contribution >= 0.6 is 0 Å². The maximum absolute atomic E-state index is 12.0. The van der Waals surface area contributed by atoms with Crippen LogP contribution in [-0.2, 0) is 14.3 Å². The van der Waals surface area contributed by atoms with Gasteiger partial charge in [0.1, 0.15) is 17.2 Å². The van der Waals surface area contributed by atoms with Gasteiger partial charge in [-0.15, -0.1) is 0 Å². The summed E-state index contributed by atoms with van der Waals surface area (Å²) in [6.07, 6.45) is 2.68. The summed E-state index contributed by atoms with van der Waals surface area (Å²) < 4.78 is 15.2. The van der Waals surface area contributed by atoms with Crippen LogP contribution in [0.2, 0.25) is 0 Å². The molecule has 0 heterocycles. The number of hydrogen-bond donors (Lipinski definition) is 1. The molecule has 9 nitrogen and oxygen atoms in total. The minimum Gasteiger partial charge on any atom is -0.496 e. The number of hydrogen-bond acceptors (Lipinski definition) is 7. The highest BCUT2D eigenvalue weighted by Gasteiger charge is 2.17. The molecule has 0 spiro atoms. The van der Waals surface area contributed by atoms with Gasteiger partial charge >= 0.3 is 5.97 Å². The fourth-order valence-corrected chi connectivity index (χ4v) is 2.33. The number of carbonyl (C=O) groups is 2. The van der Waals surface area contributed by atoms with Crippen molar-refractivity contribution >= 4 is 29.3 Å². The molecular formula is C20H20N2O7. The molecule has 0 aromatic heterocycles. The summed E-state index contributed by atoms with van der Waals surface area (Å²) in [5, 5.41) is 13.5. The first kappa shape index (κ1) is 21.4. The Bertz CT molecular complexity index is 925. The molecule has 1 amide bonds. The van der Waals surface area contributed by atoms with Crippen molar-refractivity contribution in [2.45, 2.75) is 6.92 Å². The van der Waals surface area contributed by atoms with Gasteiger partial charge in [-0.3, -0.25) is 14.9 Å². The van der Waals surface area contributed by atoms with Gasteiger partial charge in [-0.25, -0.2) is 4.79 Å². The Hall–Kier alpha value is -3.88. The van der Waals surface area contributed by atoms with Crippen LogP contribution in [-0.4, -0.2) is 37.1 Å². The molecule has 0 aliphatic heterocycles. The van der Waals surface area contributed by atoms with Gasteiger partial charge in [0.25, 0.3) is 11.6 Å². The fourth-order valence-electron chi connectivity index (χ4n) is 2.33. The van der Waals surface area contributed by atoms with E-state index in [2.05, 4.69) is 5.32 Å². The second-order valence-electron chi connectivity index (χ2n) is 5.60. The quantitative estimate of drug-likeness (QED) is 0.297. The Labute approximate surface area is 167 Å². The molecule has 152 valence electrons. The summed E-state index contributed by atoms with van der Waals surface area (Å²) in [4.78, 5) is 34.3. The van der Waals surface area contributed by atoms with Crippen molar-refractivity contribution in [1.29, 1.82) is 0 Å². The highest BCUT2D eigenvalue weighted by molar-refractivity contribution is 5.96. The van der Waals surface area contributed by atoms with Crippen molar-refractivity contribution in [3.05, 3.63) is 64.2 Å². The maximum Gasteiger partial charge on any atom is 0.331 e. The summed E-state index contributed by atoms with van der Waals surface area (Å²) in [7, 11) is 1.37. The second-order valence-corrected chi connectivity index (χ2v) is 5.60. The zero-order valence-electron chi connectivity index (χ0n) is 15.9. The Morgan fingerprint density at radius 2 is 1.97 bits per heavy atom. The highest BCUT2D eigenvalue weighted by atomic mass is 16.6. The van der Waals surface area contributed by atoms with E-state index >= 15 is 0 Å². The number of amides is 1. The molecule has 2 rings (SSSR count). The van der Waals surface area contributed by atoms with E-state index in [1.165, 1.54) is 37.5 Å². The van der Waals surface area contributed by atoms with Crippen molar-refractivity contribution in [1.82, 2.24) is 0 Å². The molecule has 2 aromatic rings. The number of nitrogens with one attached hydrogen (secondary N) is 1. The molecule has 2 aromatic carbocycles. The van der Waals surface area contributed by atoms with Gasteiger partial charge in [0, 0.05) is 11.6 Å². The van der Waals surface area contributed by atoms with Crippen LogP contribution in [0.1, 0.15) is 12.5 Å².